The van der Waals surface area contributed by atoms with Gasteiger partial charge in [0.1, 0.15) is 13.2 Å². The molecular formula is C15H20N2O3. The highest BCUT2D eigenvalue weighted by atomic mass is 16.6. The van der Waals surface area contributed by atoms with Gasteiger partial charge in [-0.3, -0.25) is 4.79 Å². The molecule has 2 aliphatic rings. The number of ether oxygens (including phenoxy) is 2. The van der Waals surface area contributed by atoms with Crippen LogP contribution < -0.4 is 14.8 Å². The van der Waals surface area contributed by atoms with E-state index in [1.165, 1.54) is 0 Å². The number of rotatable bonds is 3. The lowest BCUT2D eigenvalue weighted by Gasteiger charge is -2.23. The molecule has 0 unspecified atom stereocenters. The summed E-state index contributed by atoms with van der Waals surface area (Å²) >= 11 is 0. The van der Waals surface area contributed by atoms with E-state index in [-0.39, 0.29) is 5.91 Å². The van der Waals surface area contributed by atoms with Crippen molar-refractivity contribution in [2.24, 2.45) is 5.92 Å². The topological polar surface area (TPSA) is 50.8 Å². The van der Waals surface area contributed by atoms with Crippen molar-refractivity contribution < 1.29 is 14.3 Å². The molecule has 5 nitrogen and oxygen atoms in total. The van der Waals surface area contributed by atoms with Crippen LogP contribution in [0.5, 0.6) is 11.5 Å². The minimum atomic E-state index is 0.0472. The van der Waals surface area contributed by atoms with Gasteiger partial charge in [0.15, 0.2) is 11.5 Å². The lowest BCUT2D eigenvalue weighted by molar-refractivity contribution is 0.0776. The quantitative estimate of drug-likeness (QED) is 0.899. The van der Waals surface area contributed by atoms with Gasteiger partial charge in [0.25, 0.3) is 5.91 Å². The zero-order chi connectivity index (χ0) is 13.9. The lowest BCUT2D eigenvalue weighted by atomic mass is 10.1. The molecule has 0 radical (unpaired) electrons. The van der Waals surface area contributed by atoms with Crippen molar-refractivity contribution >= 4 is 5.91 Å². The van der Waals surface area contributed by atoms with E-state index in [9.17, 15) is 4.79 Å². The Labute approximate surface area is 118 Å². The Morgan fingerprint density at radius 3 is 3.10 bits per heavy atom. The number of hydrogen-bond acceptors (Lipinski definition) is 4. The molecular weight excluding hydrogens is 256 g/mol. The van der Waals surface area contributed by atoms with Crippen molar-refractivity contribution in [1.82, 2.24) is 10.2 Å². The monoisotopic (exact) mass is 276 g/mol. The number of para-hydroxylation sites is 1. The van der Waals surface area contributed by atoms with Gasteiger partial charge in [-0.15, -0.1) is 0 Å². The molecule has 2 heterocycles. The molecule has 5 heteroatoms. The number of nitrogens with one attached hydrogen (secondary N) is 1. The molecule has 1 saturated heterocycles. The molecule has 0 spiro atoms. The number of nitrogens with zero attached hydrogens (tertiary/aromatic N) is 1. The Kier molecular flexibility index (Phi) is 3.78. The van der Waals surface area contributed by atoms with Crippen molar-refractivity contribution in [3.05, 3.63) is 23.8 Å². The third kappa shape index (κ3) is 2.45. The summed E-state index contributed by atoms with van der Waals surface area (Å²) in [7, 11) is 1.95. The highest BCUT2D eigenvalue weighted by Crippen LogP contribution is 2.34. The van der Waals surface area contributed by atoms with Gasteiger partial charge in [-0.25, -0.2) is 0 Å². The molecule has 1 fully saturated rings. The van der Waals surface area contributed by atoms with E-state index < -0.39 is 0 Å². The van der Waals surface area contributed by atoms with Gasteiger partial charge in [0, 0.05) is 13.1 Å². The van der Waals surface area contributed by atoms with Crippen LogP contribution in [-0.4, -0.2) is 50.7 Å². The molecule has 0 aliphatic carbocycles. The molecule has 1 amide bonds. The Morgan fingerprint density at radius 2 is 2.25 bits per heavy atom. The molecule has 1 atom stereocenters. The third-order valence-electron chi connectivity index (χ3n) is 3.86. The van der Waals surface area contributed by atoms with E-state index in [1.54, 1.807) is 0 Å². The summed E-state index contributed by atoms with van der Waals surface area (Å²) in [5, 5.41) is 3.18. The fourth-order valence-corrected chi connectivity index (χ4v) is 2.88. The highest BCUT2D eigenvalue weighted by molar-refractivity contribution is 5.98. The van der Waals surface area contributed by atoms with Crippen molar-refractivity contribution in [3.8, 4) is 11.5 Å². The largest absolute Gasteiger partial charge is 0.486 e. The van der Waals surface area contributed by atoms with Gasteiger partial charge in [-0.05, 0) is 38.1 Å². The maximum Gasteiger partial charge on any atom is 0.257 e. The van der Waals surface area contributed by atoms with E-state index in [1.807, 2.05) is 30.1 Å². The van der Waals surface area contributed by atoms with Crippen LogP contribution >= 0.6 is 0 Å². The number of benzene rings is 1. The van der Waals surface area contributed by atoms with Crippen LogP contribution in [0.4, 0.5) is 0 Å². The number of carbonyl (C=O) groups is 1. The van der Waals surface area contributed by atoms with Crippen LogP contribution in [0.1, 0.15) is 16.8 Å². The zero-order valence-corrected chi connectivity index (χ0v) is 11.7. The molecule has 1 N–H and O–H groups in total. The predicted octanol–water partition coefficient (Wildman–Crippen LogP) is 1.14. The standard InChI is InChI=1S/C15H20N2O3/c1-16-9-11-5-6-17(10-11)15(18)12-3-2-4-13-14(12)20-8-7-19-13/h2-4,11,16H,5-10H2,1H3/t11-/m1/s1. The first-order valence-corrected chi connectivity index (χ1v) is 7.12. The summed E-state index contributed by atoms with van der Waals surface area (Å²) in [4.78, 5) is 14.6. The molecule has 0 saturated carbocycles. The van der Waals surface area contributed by atoms with E-state index in [0.29, 0.717) is 36.2 Å². The third-order valence-corrected chi connectivity index (χ3v) is 3.86. The van der Waals surface area contributed by atoms with Crippen LogP contribution in [0.25, 0.3) is 0 Å². The SMILES string of the molecule is CNC[C@H]1CCN(C(=O)c2cccc3c2OCCO3)C1. The summed E-state index contributed by atoms with van der Waals surface area (Å²) in [6.45, 7) is 3.62. The number of hydrogen-bond donors (Lipinski definition) is 1. The normalized spacial score (nSPS) is 21.1. The summed E-state index contributed by atoms with van der Waals surface area (Å²) in [5.74, 6) is 1.86. The summed E-state index contributed by atoms with van der Waals surface area (Å²) in [6.07, 6.45) is 1.05. The average molecular weight is 276 g/mol. The summed E-state index contributed by atoms with van der Waals surface area (Å²) < 4.78 is 11.2. The Balaban J connectivity index is 1.78. The van der Waals surface area contributed by atoms with E-state index in [0.717, 1.165) is 26.1 Å². The number of fused-ring (bicyclic) bond motifs is 1. The van der Waals surface area contributed by atoms with Gasteiger partial charge in [-0.2, -0.15) is 0 Å². The maximum absolute atomic E-state index is 12.6. The van der Waals surface area contributed by atoms with Crippen molar-refractivity contribution in [3.63, 3.8) is 0 Å². The zero-order valence-electron chi connectivity index (χ0n) is 11.7. The van der Waals surface area contributed by atoms with E-state index in [4.69, 9.17) is 9.47 Å². The minimum absolute atomic E-state index is 0.0472. The molecule has 2 aliphatic heterocycles. The maximum atomic E-state index is 12.6. The van der Waals surface area contributed by atoms with Crippen LogP contribution in [0.3, 0.4) is 0 Å². The lowest BCUT2D eigenvalue weighted by Crippen LogP contribution is -2.31. The molecule has 1 aromatic carbocycles. The van der Waals surface area contributed by atoms with Crippen LogP contribution in [0, 0.1) is 5.92 Å². The van der Waals surface area contributed by atoms with Gasteiger partial charge in [0.2, 0.25) is 0 Å². The van der Waals surface area contributed by atoms with Crippen LogP contribution in [0.15, 0.2) is 18.2 Å². The van der Waals surface area contributed by atoms with Crippen LogP contribution in [0.2, 0.25) is 0 Å². The predicted molar refractivity (Wildman–Crippen MR) is 75.4 cm³/mol. The Morgan fingerprint density at radius 1 is 1.40 bits per heavy atom. The second kappa shape index (κ2) is 5.71. The second-order valence-electron chi connectivity index (χ2n) is 5.29. The van der Waals surface area contributed by atoms with Gasteiger partial charge in [-0.1, -0.05) is 6.07 Å². The summed E-state index contributed by atoms with van der Waals surface area (Å²) in [5.41, 5.74) is 0.618. The first kappa shape index (κ1) is 13.2. The smallest absolute Gasteiger partial charge is 0.257 e. The van der Waals surface area contributed by atoms with Crippen molar-refractivity contribution in [1.29, 1.82) is 0 Å². The first-order chi connectivity index (χ1) is 9.79. The number of carbonyl (C=O) groups excluding carboxylic acids is 1. The van der Waals surface area contributed by atoms with E-state index >= 15 is 0 Å². The number of amides is 1. The minimum Gasteiger partial charge on any atom is -0.486 e. The van der Waals surface area contributed by atoms with Crippen molar-refractivity contribution in [2.45, 2.75) is 6.42 Å². The Bertz CT molecular complexity index is 504. The van der Waals surface area contributed by atoms with E-state index in [2.05, 4.69) is 5.32 Å². The molecule has 0 bridgehead atoms. The second-order valence-corrected chi connectivity index (χ2v) is 5.29. The van der Waals surface area contributed by atoms with Crippen LogP contribution in [-0.2, 0) is 0 Å². The average Bonchev–Trinajstić information content (AvgIpc) is 2.95. The fourth-order valence-electron chi connectivity index (χ4n) is 2.88. The molecule has 3 rings (SSSR count). The highest BCUT2D eigenvalue weighted by Gasteiger charge is 2.29. The first-order valence-electron chi connectivity index (χ1n) is 7.12. The summed E-state index contributed by atoms with van der Waals surface area (Å²) in [6, 6.07) is 5.52. The van der Waals surface area contributed by atoms with Crippen molar-refractivity contribution in [2.75, 3.05) is 39.9 Å². The van der Waals surface area contributed by atoms with Gasteiger partial charge >= 0.3 is 0 Å². The van der Waals surface area contributed by atoms with Gasteiger partial charge < -0.3 is 19.7 Å². The Hall–Kier alpha value is -1.75. The molecule has 0 aromatic heterocycles. The number of likely N-dealkylation sites (tertiary alicyclic amines) is 1. The van der Waals surface area contributed by atoms with Gasteiger partial charge in [0.05, 0.1) is 5.56 Å². The molecule has 108 valence electrons. The molecule has 1 aromatic rings. The fraction of sp³-hybridized carbons (Fsp3) is 0.533. The molecule has 20 heavy (non-hydrogen) atoms.